The Balaban J connectivity index is 1.15. The molecule has 57 heavy (non-hydrogen) atoms. The number of thiophene rings is 1. The highest BCUT2D eigenvalue weighted by Gasteiger charge is 2.39. The fourth-order valence-electron chi connectivity index (χ4n) is 9.86. The lowest BCUT2D eigenvalue weighted by Crippen LogP contribution is -2.44. The van der Waals surface area contributed by atoms with Crippen LogP contribution in [0.3, 0.4) is 0 Å². The Morgan fingerprint density at radius 2 is 1.61 bits per heavy atom. The van der Waals surface area contributed by atoms with Crippen molar-refractivity contribution in [3.8, 4) is 21.6 Å². The number of nitrogens with zero attached hydrogens (tertiary/aromatic N) is 2. The molecule has 5 heteroatoms. The molecule has 0 saturated heterocycles. The molecular weight excluding hydrogens is 715 g/mol. The van der Waals surface area contributed by atoms with E-state index in [2.05, 4.69) is 170 Å². The van der Waals surface area contributed by atoms with Crippen molar-refractivity contribution < 1.29 is 4.42 Å². The van der Waals surface area contributed by atoms with Crippen molar-refractivity contribution in [1.82, 2.24) is 5.32 Å². The fraction of sp³-hybridized carbons (Fsp3) is 0.135. The molecule has 6 aromatic carbocycles. The van der Waals surface area contributed by atoms with E-state index in [4.69, 9.17) is 9.41 Å². The van der Waals surface area contributed by atoms with E-state index in [9.17, 15) is 0 Å². The highest BCUT2D eigenvalue weighted by molar-refractivity contribution is 7.22. The summed E-state index contributed by atoms with van der Waals surface area (Å²) in [6, 6.07) is 41.9. The van der Waals surface area contributed by atoms with Gasteiger partial charge in [-0.2, -0.15) is 0 Å². The minimum Gasteiger partial charge on any atom is -0.450 e. The highest BCUT2D eigenvalue weighted by atomic mass is 32.1. The van der Waals surface area contributed by atoms with Gasteiger partial charge in [0.1, 0.15) is 17.1 Å². The molecule has 274 valence electrons. The van der Waals surface area contributed by atoms with E-state index in [1.54, 1.807) is 0 Å². The zero-order valence-electron chi connectivity index (χ0n) is 31.8. The van der Waals surface area contributed by atoms with Crippen LogP contribution in [-0.2, 0) is 6.42 Å². The van der Waals surface area contributed by atoms with Crippen LogP contribution in [0.5, 0.6) is 0 Å². The minimum atomic E-state index is -0.338. The van der Waals surface area contributed by atoms with Crippen LogP contribution < -0.4 is 21.0 Å². The molecule has 2 atom stereocenters. The Morgan fingerprint density at radius 3 is 2.49 bits per heavy atom. The van der Waals surface area contributed by atoms with Crippen LogP contribution in [0.2, 0.25) is 0 Å². The smallest absolute Gasteiger partial charge is 0.194 e. The number of nitrogens with one attached hydrogen (secondary N) is 1. The second-order valence-corrected chi connectivity index (χ2v) is 16.9. The molecule has 2 aliphatic heterocycles. The largest absolute Gasteiger partial charge is 0.450 e. The van der Waals surface area contributed by atoms with Gasteiger partial charge >= 0.3 is 0 Å². The van der Waals surface area contributed by atoms with Gasteiger partial charge in [-0.05, 0) is 118 Å². The van der Waals surface area contributed by atoms with Gasteiger partial charge in [0.25, 0.3) is 0 Å². The number of hydrogen-bond donors (Lipinski definition) is 1. The van der Waals surface area contributed by atoms with Crippen LogP contribution in [-0.4, -0.2) is 0 Å². The summed E-state index contributed by atoms with van der Waals surface area (Å²) in [6.45, 7) is 4.56. The predicted molar refractivity (Wildman–Crippen MR) is 237 cm³/mol. The van der Waals surface area contributed by atoms with Gasteiger partial charge in [-0.3, -0.25) is 9.89 Å². The van der Waals surface area contributed by atoms with E-state index in [1.807, 2.05) is 11.3 Å². The molecule has 0 saturated carbocycles. The topological polar surface area (TPSA) is 40.8 Å². The van der Waals surface area contributed by atoms with Gasteiger partial charge in [-0.25, -0.2) is 0 Å². The second-order valence-electron chi connectivity index (χ2n) is 15.8. The summed E-state index contributed by atoms with van der Waals surface area (Å²) in [5.41, 5.74) is 15.6. The molecule has 4 nitrogen and oxygen atoms in total. The summed E-state index contributed by atoms with van der Waals surface area (Å²) in [6.07, 6.45) is 14.0. The zero-order valence-corrected chi connectivity index (χ0v) is 32.7. The first kappa shape index (κ1) is 32.8. The first-order valence-corrected chi connectivity index (χ1v) is 20.9. The van der Waals surface area contributed by atoms with E-state index < -0.39 is 0 Å². The molecule has 0 bridgehead atoms. The number of rotatable bonds is 4. The Labute approximate surface area is 335 Å². The predicted octanol–water partition coefficient (Wildman–Crippen LogP) is 12.1. The molecular formula is C52H39N3OS. The quantitative estimate of drug-likeness (QED) is 0.195. The minimum absolute atomic E-state index is 0.237. The van der Waals surface area contributed by atoms with E-state index >= 15 is 0 Å². The third kappa shape index (κ3) is 4.88. The molecule has 8 aromatic rings. The first-order valence-electron chi connectivity index (χ1n) is 20.1. The van der Waals surface area contributed by atoms with Gasteiger partial charge in [-0.1, -0.05) is 121 Å². The summed E-state index contributed by atoms with van der Waals surface area (Å²) in [5.74, 6) is 1.18. The second kappa shape index (κ2) is 12.5. The lowest BCUT2D eigenvalue weighted by atomic mass is 9.89. The van der Waals surface area contributed by atoms with Gasteiger partial charge in [0.15, 0.2) is 11.2 Å². The Kier molecular flexibility index (Phi) is 7.21. The van der Waals surface area contributed by atoms with Crippen LogP contribution in [0.25, 0.3) is 65.3 Å². The average molecular weight is 754 g/mol. The molecule has 1 N–H and O–H groups in total. The standard InChI is InChI=1S/C52H39N3OS/c1-30-27-42-38-22-10-12-25-43(38)55(44(42)29-41(30)50-31(2)35-19-11-13-26-45(35)57-50)52-49-47(53-51(54-52)34-18-14-17-33(28-34)32-15-4-3-5-16-32)46-39-23-8-6-20-36(39)37-21-7-9-24-40(37)48(46)56-49/h3-7,9-21,24-29,38,51,54H,8,22-23H2,1-2H3. The highest BCUT2D eigenvalue weighted by Crippen LogP contribution is 2.52. The van der Waals surface area contributed by atoms with Crippen LogP contribution in [0.1, 0.15) is 58.3 Å². The SMILES string of the molecule is Cc1cc2c(cc1-c1sc3ccccc3c1C)N(C1=c3oc4c(c5c(c6ccccc64)C=CCC5)c3=NC(c3cccc(-c4ccccc4)c3)N1)C1=CC=CCC12. The number of anilines is 1. The molecule has 0 spiro atoms. The van der Waals surface area contributed by atoms with Gasteiger partial charge in [0.2, 0.25) is 0 Å². The molecule has 4 aliphatic rings. The maximum atomic E-state index is 7.26. The third-order valence-electron chi connectivity index (χ3n) is 12.6. The third-order valence-corrected chi connectivity index (χ3v) is 13.9. The summed E-state index contributed by atoms with van der Waals surface area (Å²) >= 11 is 1.89. The molecule has 0 radical (unpaired) electrons. The Bertz CT molecular complexity index is 3230. The number of furan rings is 1. The van der Waals surface area contributed by atoms with Crippen LogP contribution in [0.15, 0.2) is 155 Å². The van der Waals surface area contributed by atoms with Gasteiger partial charge in [0, 0.05) is 26.6 Å². The first-order chi connectivity index (χ1) is 28.1. The van der Waals surface area contributed by atoms with Crippen molar-refractivity contribution in [3.05, 3.63) is 189 Å². The summed E-state index contributed by atoms with van der Waals surface area (Å²) < 4.78 is 8.59. The van der Waals surface area contributed by atoms with Crippen LogP contribution in [0, 0.1) is 13.8 Å². The van der Waals surface area contributed by atoms with E-state index in [-0.39, 0.29) is 12.1 Å². The van der Waals surface area contributed by atoms with Crippen molar-refractivity contribution in [2.45, 2.75) is 45.2 Å². The van der Waals surface area contributed by atoms with Gasteiger partial charge in [0.05, 0.1) is 11.1 Å². The van der Waals surface area contributed by atoms with Crippen LogP contribution >= 0.6 is 11.3 Å². The number of benzene rings is 6. The van der Waals surface area contributed by atoms with Crippen molar-refractivity contribution in [1.29, 1.82) is 0 Å². The van der Waals surface area contributed by atoms with E-state index in [1.165, 1.54) is 76.2 Å². The van der Waals surface area contributed by atoms with E-state index in [0.717, 1.165) is 57.8 Å². The normalized spacial score (nSPS) is 18.0. The molecule has 12 rings (SSSR count). The van der Waals surface area contributed by atoms with Crippen molar-refractivity contribution in [3.63, 3.8) is 0 Å². The summed E-state index contributed by atoms with van der Waals surface area (Å²) in [4.78, 5) is 9.46. The maximum absolute atomic E-state index is 7.26. The van der Waals surface area contributed by atoms with Gasteiger partial charge in [-0.15, -0.1) is 11.3 Å². The molecule has 4 heterocycles. The van der Waals surface area contributed by atoms with Gasteiger partial charge < -0.3 is 9.73 Å². The lowest BCUT2D eigenvalue weighted by Gasteiger charge is -2.31. The molecule has 2 unspecified atom stereocenters. The van der Waals surface area contributed by atoms with Crippen molar-refractivity contribution in [2.75, 3.05) is 4.90 Å². The summed E-state index contributed by atoms with van der Waals surface area (Å²) in [5, 5.41) is 9.80. The Morgan fingerprint density at radius 1 is 0.807 bits per heavy atom. The number of aryl methyl sites for hydroxylation is 3. The molecule has 0 fully saturated rings. The Hall–Kier alpha value is -6.43. The lowest BCUT2D eigenvalue weighted by molar-refractivity contribution is 0.530. The number of hydrogen-bond acceptors (Lipinski definition) is 5. The zero-order chi connectivity index (χ0) is 37.8. The average Bonchev–Trinajstić information content (AvgIpc) is 3.93. The maximum Gasteiger partial charge on any atom is 0.194 e. The summed E-state index contributed by atoms with van der Waals surface area (Å²) in [7, 11) is 0. The number of fused-ring (bicyclic) bond motifs is 12. The fourth-order valence-corrected chi connectivity index (χ4v) is 11.1. The van der Waals surface area contributed by atoms with E-state index in [0.29, 0.717) is 0 Å². The van der Waals surface area contributed by atoms with Crippen LogP contribution in [0.4, 0.5) is 5.69 Å². The molecule has 0 amide bonds. The molecule has 2 aliphatic carbocycles. The molecule has 2 aromatic heterocycles. The number of allylic oxidation sites excluding steroid dienone is 5. The monoisotopic (exact) mass is 753 g/mol. The van der Waals surface area contributed by atoms with Crippen molar-refractivity contribution >= 4 is 60.7 Å². The van der Waals surface area contributed by atoms with Crippen molar-refractivity contribution in [2.24, 2.45) is 4.99 Å².